The number of halogens is 2. The molecule has 6 bridgehead atoms. The molecule has 0 spiro atoms. The smallest absolute Gasteiger partial charge is 0.273 e. The number of amides is 2. The van der Waals surface area contributed by atoms with Gasteiger partial charge in [-0.25, -0.2) is 13.8 Å². The number of fused-ring (bicyclic) bond motifs is 3. The largest absolute Gasteiger partial charge is 0.487 e. The average molecular weight is 577 g/mol. The van der Waals surface area contributed by atoms with Gasteiger partial charge in [0, 0.05) is 29.5 Å². The highest BCUT2D eigenvalue weighted by molar-refractivity contribution is 6.00. The van der Waals surface area contributed by atoms with E-state index < -0.39 is 29.5 Å². The van der Waals surface area contributed by atoms with Gasteiger partial charge in [0.05, 0.1) is 24.0 Å². The summed E-state index contributed by atoms with van der Waals surface area (Å²) in [6.45, 7) is 6.03. The van der Waals surface area contributed by atoms with Gasteiger partial charge >= 0.3 is 0 Å². The first-order valence-electron chi connectivity index (χ1n) is 15.2. The summed E-state index contributed by atoms with van der Waals surface area (Å²) in [5.41, 5.74) is 7.95. The van der Waals surface area contributed by atoms with E-state index in [-0.39, 0.29) is 53.3 Å². The zero-order valence-corrected chi connectivity index (χ0v) is 24.4. The zero-order chi connectivity index (χ0) is 29.6. The number of guanidine groups is 1. The fourth-order valence-corrected chi connectivity index (χ4v) is 7.78. The Kier molecular flexibility index (Phi) is 6.03. The van der Waals surface area contributed by atoms with E-state index in [1.165, 1.54) is 28.7 Å². The summed E-state index contributed by atoms with van der Waals surface area (Å²) < 4.78 is 36.6. The Balaban J connectivity index is 1.35. The van der Waals surface area contributed by atoms with E-state index in [1.807, 2.05) is 26.8 Å². The minimum Gasteiger partial charge on any atom is -0.487 e. The van der Waals surface area contributed by atoms with Crippen LogP contribution in [0, 0.1) is 5.92 Å². The molecule has 2 aromatic rings. The number of nitrogens with one attached hydrogen (secondary N) is 1. The van der Waals surface area contributed by atoms with E-state index in [0.717, 1.165) is 30.6 Å². The second-order valence-corrected chi connectivity index (χ2v) is 13.6. The summed E-state index contributed by atoms with van der Waals surface area (Å²) >= 11 is 0. The third-order valence-electron chi connectivity index (χ3n) is 10.2. The number of alkyl halides is 2. The van der Waals surface area contributed by atoms with Crippen LogP contribution in [0.5, 0.6) is 5.75 Å². The van der Waals surface area contributed by atoms with E-state index in [4.69, 9.17) is 15.5 Å². The first kappa shape index (κ1) is 27.3. The van der Waals surface area contributed by atoms with Crippen LogP contribution in [0.25, 0.3) is 0 Å². The second-order valence-electron chi connectivity index (χ2n) is 13.6. The van der Waals surface area contributed by atoms with Gasteiger partial charge < -0.3 is 15.8 Å². The van der Waals surface area contributed by atoms with Gasteiger partial charge in [0.2, 0.25) is 5.91 Å². The first-order valence-corrected chi connectivity index (χ1v) is 15.2. The van der Waals surface area contributed by atoms with Crippen LogP contribution in [0.1, 0.15) is 123 Å². The van der Waals surface area contributed by atoms with E-state index in [9.17, 15) is 9.59 Å². The van der Waals surface area contributed by atoms with Crippen molar-refractivity contribution < 1.29 is 23.1 Å². The van der Waals surface area contributed by atoms with Gasteiger partial charge in [-0.1, -0.05) is 19.1 Å². The van der Waals surface area contributed by atoms with Crippen LogP contribution in [0.3, 0.4) is 0 Å². The van der Waals surface area contributed by atoms with E-state index in [0.29, 0.717) is 24.7 Å². The Bertz CT molecular complexity index is 1520. The molecule has 42 heavy (non-hydrogen) atoms. The van der Waals surface area contributed by atoms with Gasteiger partial charge in [-0.2, -0.15) is 0 Å². The lowest BCUT2D eigenvalue weighted by atomic mass is 9.81. The number of nitrogens with two attached hydrogens (primary N) is 1. The normalized spacial score (nSPS) is 32.5. The van der Waals surface area contributed by atoms with Gasteiger partial charge in [-0.3, -0.25) is 14.5 Å². The van der Waals surface area contributed by atoms with Crippen LogP contribution >= 0.6 is 0 Å². The van der Waals surface area contributed by atoms with Crippen molar-refractivity contribution in [3.05, 3.63) is 64.2 Å². The van der Waals surface area contributed by atoms with Crippen molar-refractivity contribution in [1.82, 2.24) is 10.2 Å². The highest BCUT2D eigenvalue weighted by atomic mass is 19.3. The number of benzene rings is 2. The summed E-state index contributed by atoms with van der Waals surface area (Å²) in [5, 5.41) is 3.18. The maximum absolute atomic E-state index is 15.2. The number of hydrogen-bond acceptors (Lipinski definition) is 5. The number of ether oxygens (including phenoxy) is 1. The van der Waals surface area contributed by atoms with Crippen LogP contribution in [-0.2, 0) is 10.7 Å². The summed E-state index contributed by atoms with van der Waals surface area (Å²) in [6.07, 6.45) is 3.78. The molecule has 2 amide bonds. The molecule has 1 saturated carbocycles. The fourth-order valence-electron chi connectivity index (χ4n) is 7.78. The Morgan fingerprint density at radius 2 is 1.90 bits per heavy atom. The summed E-state index contributed by atoms with van der Waals surface area (Å²) in [5.74, 6) is -1.89. The van der Waals surface area contributed by atoms with Gasteiger partial charge in [0.15, 0.2) is 5.96 Å². The maximum Gasteiger partial charge on any atom is 0.273 e. The Morgan fingerprint density at radius 3 is 2.67 bits per heavy atom. The molecule has 2 unspecified atom stereocenters. The number of carbonyl (C=O) groups excluding carboxylic acids is 2. The Morgan fingerprint density at radius 1 is 1.10 bits per heavy atom. The van der Waals surface area contributed by atoms with Crippen molar-refractivity contribution >= 4 is 17.8 Å². The van der Waals surface area contributed by atoms with Crippen LogP contribution in [0.2, 0.25) is 0 Å². The molecule has 5 atom stereocenters. The van der Waals surface area contributed by atoms with E-state index >= 15 is 8.78 Å². The summed E-state index contributed by atoms with van der Waals surface area (Å²) in [7, 11) is 0. The van der Waals surface area contributed by atoms with Crippen LogP contribution in [-0.4, -0.2) is 33.8 Å². The molecule has 222 valence electrons. The van der Waals surface area contributed by atoms with Crippen molar-refractivity contribution in [2.45, 2.75) is 107 Å². The number of aliphatic imine (C=N–C) groups is 1. The van der Waals surface area contributed by atoms with Gasteiger partial charge in [0.25, 0.3) is 11.8 Å². The molecular weight excluding hydrogens is 538 g/mol. The zero-order valence-electron chi connectivity index (χ0n) is 24.4. The van der Waals surface area contributed by atoms with Crippen LogP contribution < -0.4 is 15.8 Å². The molecule has 6 aliphatic rings. The minimum atomic E-state index is -3.07. The quantitative estimate of drug-likeness (QED) is 0.420. The summed E-state index contributed by atoms with van der Waals surface area (Å²) in [6, 6.07) is 9.60. The summed E-state index contributed by atoms with van der Waals surface area (Å²) in [4.78, 5) is 33.8. The van der Waals surface area contributed by atoms with Crippen LogP contribution in [0.15, 0.2) is 41.4 Å². The molecule has 7 nitrogen and oxygen atoms in total. The Hall–Kier alpha value is -3.49. The Labute approximate surface area is 244 Å². The number of hydrogen-bond donors (Lipinski definition) is 2. The van der Waals surface area contributed by atoms with Gasteiger partial charge in [-0.15, -0.1) is 0 Å². The number of carbonyl (C=O) groups is 2. The van der Waals surface area contributed by atoms with Crippen molar-refractivity contribution in [2.75, 3.05) is 0 Å². The second kappa shape index (κ2) is 9.25. The molecule has 9 heteroatoms. The first-order chi connectivity index (χ1) is 19.9. The maximum atomic E-state index is 15.2. The monoisotopic (exact) mass is 576 g/mol. The molecule has 0 radical (unpaired) electrons. The predicted molar refractivity (Wildman–Crippen MR) is 154 cm³/mol. The molecular formula is C33H38F2N4O3. The van der Waals surface area contributed by atoms with E-state index in [1.54, 1.807) is 0 Å². The minimum absolute atomic E-state index is 0.0280. The third-order valence-corrected chi connectivity index (χ3v) is 10.2. The molecule has 2 aromatic carbocycles. The molecule has 8 rings (SSSR count). The predicted octanol–water partition coefficient (Wildman–Crippen LogP) is 6.24. The van der Waals surface area contributed by atoms with Gasteiger partial charge in [-0.05, 0) is 93.2 Å². The van der Waals surface area contributed by atoms with Crippen molar-refractivity contribution in [3.63, 3.8) is 0 Å². The fraction of sp³-hybridized carbons (Fsp3) is 0.545. The van der Waals surface area contributed by atoms with Crippen molar-refractivity contribution in [1.29, 1.82) is 0 Å². The van der Waals surface area contributed by atoms with Crippen molar-refractivity contribution in [3.8, 4) is 5.75 Å². The number of nitrogens with zero attached hydrogens (tertiary/aromatic N) is 2. The van der Waals surface area contributed by atoms with E-state index in [2.05, 4.69) is 17.4 Å². The molecule has 1 fully saturated rings. The topological polar surface area (TPSA) is 97.0 Å². The highest BCUT2D eigenvalue weighted by Gasteiger charge is 2.48. The lowest BCUT2D eigenvalue weighted by molar-refractivity contribution is -0.133. The highest BCUT2D eigenvalue weighted by Crippen LogP contribution is 2.54. The van der Waals surface area contributed by atoms with Gasteiger partial charge in [0.1, 0.15) is 11.4 Å². The van der Waals surface area contributed by atoms with Crippen molar-refractivity contribution in [2.24, 2.45) is 16.6 Å². The SMILES string of the molecule is CC[C@@]12CCC3CC3c3ccc4c(c3)[C@H](CC(C)(C)O4)NC(=O)c3ccc4c(c3)[C@@H](CCC4(F)F)N(C(=O)C1)C(N)=N2. The third kappa shape index (κ3) is 4.47. The lowest BCUT2D eigenvalue weighted by Gasteiger charge is -2.43. The average Bonchev–Trinajstić information content (AvgIpc) is 3.71. The molecule has 0 saturated heterocycles. The van der Waals surface area contributed by atoms with Crippen LogP contribution in [0.4, 0.5) is 8.78 Å². The standard InChI is InChI=1S/C33H38F2N4O3/c1-4-32-11-9-19-13-21(19)18-6-8-27-23(14-18)25(16-31(2,3)42-27)37-29(41)20-5-7-24-22(15-20)26(10-12-33(24,34)35)39(28(40)17-32)30(36)38-32/h5-8,14-15,19,21,25-26H,4,9-13,16-17H2,1-3H3,(H2,36,38)(H,37,41)/t19?,21?,25-,26+,32+/m0/s1. The molecule has 3 N–H and O–H groups in total. The molecule has 2 aliphatic carbocycles. The molecule has 0 aromatic heterocycles. The number of rotatable bonds is 1. The molecule has 4 heterocycles. The molecule has 4 aliphatic heterocycles. The lowest BCUT2D eigenvalue weighted by Crippen LogP contribution is -2.53.